The summed E-state index contributed by atoms with van der Waals surface area (Å²) in [6.07, 6.45) is 3.59. The van der Waals surface area contributed by atoms with Crippen LogP contribution in [0.2, 0.25) is 0 Å². The van der Waals surface area contributed by atoms with Gasteiger partial charge in [0.25, 0.3) is 0 Å². The summed E-state index contributed by atoms with van der Waals surface area (Å²) in [6, 6.07) is 6.27. The van der Waals surface area contributed by atoms with E-state index in [9.17, 15) is 4.79 Å². The van der Waals surface area contributed by atoms with Crippen molar-refractivity contribution in [3.63, 3.8) is 0 Å². The molecule has 0 radical (unpaired) electrons. The number of carbonyl (C=O) groups is 1. The zero-order valence-corrected chi connectivity index (χ0v) is 13.6. The number of hydrogen-bond donors (Lipinski definition) is 2. The van der Waals surface area contributed by atoms with Crippen molar-refractivity contribution in [2.45, 2.75) is 25.3 Å². The summed E-state index contributed by atoms with van der Waals surface area (Å²) >= 11 is 1.46. The first-order valence-corrected chi connectivity index (χ1v) is 8.87. The molecule has 2 N–H and O–H groups in total. The predicted molar refractivity (Wildman–Crippen MR) is 90.8 cm³/mol. The van der Waals surface area contributed by atoms with Crippen LogP contribution in [-0.2, 0) is 22.4 Å². The number of anilines is 1. The first-order valence-electron chi connectivity index (χ1n) is 7.99. The maximum atomic E-state index is 12.2. The second kappa shape index (κ2) is 6.39. The first-order chi connectivity index (χ1) is 11.3. The summed E-state index contributed by atoms with van der Waals surface area (Å²) in [4.78, 5) is 16.7. The summed E-state index contributed by atoms with van der Waals surface area (Å²) in [6.45, 7) is 1.77. The number of hydrogen-bond acceptors (Lipinski definition) is 5. The lowest BCUT2D eigenvalue weighted by Gasteiger charge is -2.22. The highest BCUT2D eigenvalue weighted by molar-refractivity contribution is 7.14. The van der Waals surface area contributed by atoms with E-state index < -0.39 is 0 Å². The van der Waals surface area contributed by atoms with Crippen LogP contribution in [0.1, 0.15) is 17.5 Å². The Morgan fingerprint density at radius 3 is 3.13 bits per heavy atom. The largest absolute Gasteiger partial charge is 0.378 e. The molecule has 5 nitrogen and oxygen atoms in total. The molecule has 1 atom stereocenters. The third-order valence-corrected chi connectivity index (χ3v) is 5.12. The zero-order chi connectivity index (χ0) is 15.6. The second-order valence-corrected chi connectivity index (χ2v) is 6.80. The molecule has 1 aromatic heterocycles. The Labute approximate surface area is 139 Å². The van der Waals surface area contributed by atoms with E-state index in [0.717, 1.165) is 17.7 Å². The molecule has 1 fully saturated rings. The van der Waals surface area contributed by atoms with Crippen LogP contribution in [0.15, 0.2) is 23.6 Å². The van der Waals surface area contributed by atoms with E-state index >= 15 is 0 Å². The summed E-state index contributed by atoms with van der Waals surface area (Å²) in [5.74, 6) is -0.0837. The van der Waals surface area contributed by atoms with Gasteiger partial charge in [-0.05, 0) is 36.5 Å². The second-order valence-electron chi connectivity index (χ2n) is 5.95. The van der Waals surface area contributed by atoms with Crippen LogP contribution in [-0.4, -0.2) is 36.7 Å². The maximum absolute atomic E-state index is 12.2. The Morgan fingerprint density at radius 2 is 2.26 bits per heavy atom. The third-order valence-electron chi connectivity index (χ3n) is 4.37. The standard InChI is InChI=1S/C17H19N3O2S/c21-16(14-9-22-7-6-18-14)20-17-19-15(10-23-17)13-5-4-11-2-1-3-12(11)8-13/h4-5,8,10,14,18H,1-3,6-7,9H2,(H,19,20,21)/t14-/m1/s1. The van der Waals surface area contributed by atoms with Crippen molar-refractivity contribution in [2.24, 2.45) is 0 Å². The molecule has 1 saturated heterocycles. The number of morpholine rings is 1. The number of nitrogens with zero attached hydrogens (tertiary/aromatic N) is 1. The van der Waals surface area contributed by atoms with Crippen molar-refractivity contribution < 1.29 is 9.53 Å². The number of benzene rings is 1. The summed E-state index contributed by atoms with van der Waals surface area (Å²) < 4.78 is 5.32. The van der Waals surface area contributed by atoms with Gasteiger partial charge in [0.15, 0.2) is 5.13 Å². The van der Waals surface area contributed by atoms with Gasteiger partial charge >= 0.3 is 0 Å². The molecule has 1 amide bonds. The van der Waals surface area contributed by atoms with E-state index in [2.05, 4.69) is 33.8 Å². The summed E-state index contributed by atoms with van der Waals surface area (Å²) in [5.41, 5.74) is 4.94. The van der Waals surface area contributed by atoms with Crippen LogP contribution in [0, 0.1) is 0 Å². The third kappa shape index (κ3) is 3.15. The molecule has 1 aliphatic carbocycles. The Balaban J connectivity index is 1.47. The highest BCUT2D eigenvalue weighted by Crippen LogP contribution is 2.30. The highest BCUT2D eigenvalue weighted by atomic mass is 32.1. The molecule has 0 saturated carbocycles. The van der Waals surface area contributed by atoms with Gasteiger partial charge in [-0.1, -0.05) is 12.1 Å². The lowest BCUT2D eigenvalue weighted by atomic mass is 10.1. The van der Waals surface area contributed by atoms with Crippen molar-refractivity contribution >= 4 is 22.4 Å². The number of aryl methyl sites for hydroxylation is 2. The zero-order valence-electron chi connectivity index (χ0n) is 12.8. The molecular weight excluding hydrogens is 310 g/mol. The molecule has 120 valence electrons. The number of amides is 1. The van der Waals surface area contributed by atoms with E-state index in [4.69, 9.17) is 4.74 Å². The van der Waals surface area contributed by atoms with Gasteiger partial charge in [0.1, 0.15) is 6.04 Å². The fourth-order valence-electron chi connectivity index (χ4n) is 3.12. The number of rotatable bonds is 3. The Morgan fingerprint density at radius 1 is 1.35 bits per heavy atom. The van der Waals surface area contributed by atoms with E-state index in [-0.39, 0.29) is 11.9 Å². The Hall–Kier alpha value is -1.76. The van der Waals surface area contributed by atoms with Crippen molar-refractivity contribution in [2.75, 3.05) is 25.1 Å². The molecule has 1 aromatic carbocycles. The van der Waals surface area contributed by atoms with Crippen LogP contribution in [0.5, 0.6) is 0 Å². The fraction of sp³-hybridized carbons (Fsp3) is 0.412. The molecule has 0 spiro atoms. The molecule has 23 heavy (non-hydrogen) atoms. The first kappa shape index (κ1) is 14.8. The monoisotopic (exact) mass is 329 g/mol. The molecule has 6 heteroatoms. The molecule has 2 heterocycles. The number of aromatic nitrogens is 1. The predicted octanol–water partition coefficient (Wildman–Crippen LogP) is 2.23. The van der Waals surface area contributed by atoms with Crippen LogP contribution < -0.4 is 10.6 Å². The fourth-order valence-corrected chi connectivity index (χ4v) is 3.84. The van der Waals surface area contributed by atoms with Gasteiger partial charge in [-0.3, -0.25) is 4.79 Å². The van der Waals surface area contributed by atoms with Gasteiger partial charge in [0, 0.05) is 17.5 Å². The van der Waals surface area contributed by atoms with Gasteiger partial charge < -0.3 is 15.4 Å². The van der Waals surface area contributed by atoms with Crippen LogP contribution in [0.4, 0.5) is 5.13 Å². The molecule has 1 aliphatic heterocycles. The average molecular weight is 329 g/mol. The average Bonchev–Trinajstić information content (AvgIpc) is 3.23. The quantitative estimate of drug-likeness (QED) is 0.906. The summed E-state index contributed by atoms with van der Waals surface area (Å²) in [7, 11) is 0. The minimum atomic E-state index is -0.295. The normalized spacial score (nSPS) is 20.3. The number of carbonyl (C=O) groups excluding carboxylic acids is 1. The molecule has 0 unspecified atom stereocenters. The maximum Gasteiger partial charge on any atom is 0.245 e. The lowest BCUT2D eigenvalue weighted by molar-refractivity contribution is -0.120. The smallest absolute Gasteiger partial charge is 0.245 e. The lowest BCUT2D eigenvalue weighted by Crippen LogP contribution is -2.48. The molecule has 2 aliphatic rings. The summed E-state index contributed by atoms with van der Waals surface area (Å²) in [5, 5.41) is 8.66. The topological polar surface area (TPSA) is 63.2 Å². The van der Waals surface area contributed by atoms with Gasteiger partial charge in [0.2, 0.25) is 5.91 Å². The molecular formula is C17H19N3O2S. The van der Waals surface area contributed by atoms with Gasteiger partial charge in [0.05, 0.1) is 18.9 Å². The van der Waals surface area contributed by atoms with Crippen molar-refractivity contribution in [1.82, 2.24) is 10.3 Å². The van der Waals surface area contributed by atoms with E-state index in [0.29, 0.717) is 24.9 Å². The van der Waals surface area contributed by atoms with Gasteiger partial charge in [-0.2, -0.15) is 0 Å². The number of nitrogens with one attached hydrogen (secondary N) is 2. The van der Waals surface area contributed by atoms with E-state index in [1.165, 1.54) is 35.3 Å². The molecule has 0 bridgehead atoms. The van der Waals surface area contributed by atoms with Crippen molar-refractivity contribution in [3.8, 4) is 11.3 Å². The van der Waals surface area contributed by atoms with Crippen LogP contribution >= 0.6 is 11.3 Å². The van der Waals surface area contributed by atoms with Crippen LogP contribution in [0.25, 0.3) is 11.3 Å². The van der Waals surface area contributed by atoms with Gasteiger partial charge in [-0.25, -0.2) is 4.98 Å². The minimum absolute atomic E-state index is 0.0837. The van der Waals surface area contributed by atoms with Crippen LogP contribution in [0.3, 0.4) is 0 Å². The minimum Gasteiger partial charge on any atom is -0.378 e. The van der Waals surface area contributed by atoms with Gasteiger partial charge in [-0.15, -0.1) is 11.3 Å². The molecule has 4 rings (SSSR count). The van der Waals surface area contributed by atoms with Crippen molar-refractivity contribution in [3.05, 3.63) is 34.7 Å². The Kier molecular flexibility index (Phi) is 4.11. The number of thiazole rings is 1. The van der Waals surface area contributed by atoms with Crippen molar-refractivity contribution in [1.29, 1.82) is 0 Å². The highest BCUT2D eigenvalue weighted by Gasteiger charge is 2.22. The Bertz CT molecular complexity index is 722. The van der Waals surface area contributed by atoms with E-state index in [1.54, 1.807) is 0 Å². The molecule has 2 aromatic rings. The van der Waals surface area contributed by atoms with E-state index in [1.807, 2.05) is 5.38 Å². The SMILES string of the molecule is O=C(Nc1nc(-c2ccc3c(c2)CCC3)cs1)[C@H]1COCCN1. The number of fused-ring (bicyclic) bond motifs is 1. The number of ether oxygens (including phenoxy) is 1.